The molecule has 26 heavy (non-hydrogen) atoms. The minimum Gasteiger partial charge on any atom is -0.374 e. The van der Waals surface area contributed by atoms with Crippen molar-refractivity contribution in [2.75, 3.05) is 13.2 Å². The number of carbonyl (C=O) groups excluding carboxylic acids is 1. The summed E-state index contributed by atoms with van der Waals surface area (Å²) in [5.74, 6) is 1.49. The molecule has 3 heterocycles. The summed E-state index contributed by atoms with van der Waals surface area (Å²) in [5, 5.41) is 12.4. The van der Waals surface area contributed by atoms with E-state index in [1.807, 2.05) is 20.8 Å². The van der Waals surface area contributed by atoms with Crippen LogP contribution in [0.25, 0.3) is 0 Å². The van der Waals surface area contributed by atoms with E-state index in [-0.39, 0.29) is 12.0 Å². The van der Waals surface area contributed by atoms with Crippen molar-refractivity contribution in [2.24, 2.45) is 0 Å². The van der Waals surface area contributed by atoms with Crippen LogP contribution in [0.1, 0.15) is 72.1 Å². The van der Waals surface area contributed by atoms with E-state index in [0.29, 0.717) is 42.6 Å². The lowest BCUT2D eigenvalue weighted by molar-refractivity contribution is -0.0601. The first-order chi connectivity index (χ1) is 12.6. The first kappa shape index (κ1) is 17.1. The molecular weight excluding hydrogens is 334 g/mol. The number of aromatic nitrogens is 4. The second-order valence-corrected chi connectivity index (χ2v) is 6.98. The van der Waals surface area contributed by atoms with Gasteiger partial charge in [-0.3, -0.25) is 4.79 Å². The molecule has 1 saturated carbocycles. The largest absolute Gasteiger partial charge is 0.374 e. The molecule has 2 aliphatic rings. The summed E-state index contributed by atoms with van der Waals surface area (Å²) in [7, 11) is 0. The third-order valence-electron chi connectivity index (χ3n) is 4.97. The predicted octanol–water partition coefficient (Wildman–Crippen LogP) is 2.21. The zero-order chi connectivity index (χ0) is 18.3. The Hall–Kier alpha value is -2.35. The molecule has 2 aromatic rings. The highest BCUT2D eigenvalue weighted by molar-refractivity contribution is 5.95. The summed E-state index contributed by atoms with van der Waals surface area (Å²) in [6, 6.07) is 1.41. The number of ether oxygens (including phenoxy) is 1. The van der Waals surface area contributed by atoms with E-state index < -0.39 is 6.04 Å². The lowest BCUT2D eigenvalue weighted by Gasteiger charge is -2.37. The molecular formula is C18H23N5O3. The highest BCUT2D eigenvalue weighted by atomic mass is 16.5. The Morgan fingerprint density at radius 1 is 1.35 bits per heavy atom. The lowest BCUT2D eigenvalue weighted by atomic mass is 10.0. The van der Waals surface area contributed by atoms with Gasteiger partial charge in [0.25, 0.3) is 11.8 Å². The van der Waals surface area contributed by atoms with Gasteiger partial charge in [-0.05, 0) is 39.2 Å². The molecule has 2 atom stereocenters. The Morgan fingerprint density at radius 2 is 2.15 bits per heavy atom. The minimum atomic E-state index is -0.394. The Balaban J connectivity index is 1.68. The van der Waals surface area contributed by atoms with Crippen molar-refractivity contribution in [3.8, 4) is 0 Å². The molecule has 2 fully saturated rings. The topological polar surface area (TPSA) is 94.2 Å². The molecule has 8 heteroatoms. The summed E-state index contributed by atoms with van der Waals surface area (Å²) in [6.45, 7) is 6.69. The van der Waals surface area contributed by atoms with Crippen LogP contribution >= 0.6 is 0 Å². The minimum absolute atomic E-state index is 0.0915. The molecule has 1 aliphatic carbocycles. The number of morpholine rings is 1. The molecule has 0 bridgehead atoms. The molecule has 0 N–H and O–H groups in total. The van der Waals surface area contributed by atoms with Crippen LogP contribution < -0.4 is 0 Å². The lowest BCUT2D eigenvalue weighted by Crippen LogP contribution is -2.47. The van der Waals surface area contributed by atoms with Crippen LogP contribution in [-0.4, -0.2) is 50.4 Å². The molecule has 8 nitrogen and oxygen atoms in total. The van der Waals surface area contributed by atoms with Crippen LogP contribution in [0, 0.1) is 6.92 Å². The van der Waals surface area contributed by atoms with Gasteiger partial charge >= 0.3 is 0 Å². The maximum Gasteiger partial charge on any atom is 0.256 e. The van der Waals surface area contributed by atoms with E-state index in [0.717, 1.165) is 24.4 Å². The monoisotopic (exact) mass is 357 g/mol. The van der Waals surface area contributed by atoms with Crippen molar-refractivity contribution in [2.45, 2.75) is 58.1 Å². The summed E-state index contributed by atoms with van der Waals surface area (Å²) < 4.78 is 11.3. The van der Waals surface area contributed by atoms with Crippen LogP contribution in [0.3, 0.4) is 0 Å². The molecule has 4 rings (SSSR count). The number of hydrogen-bond acceptors (Lipinski definition) is 7. The summed E-state index contributed by atoms with van der Waals surface area (Å²) in [6.07, 6.45) is 2.62. The van der Waals surface area contributed by atoms with Crippen molar-refractivity contribution in [3.63, 3.8) is 0 Å². The zero-order valence-electron chi connectivity index (χ0n) is 15.3. The van der Waals surface area contributed by atoms with Crippen LogP contribution in [0.4, 0.5) is 0 Å². The molecule has 0 aromatic carbocycles. The van der Waals surface area contributed by atoms with Gasteiger partial charge in [0, 0.05) is 12.5 Å². The standard InChI is InChI=1S/C18H23N5O3/c1-4-14-13(9-10(2)20-21-14)18(24)23-7-8-25-11(3)15(23)17-19-16(22-26-17)12-5-6-12/h9,11-12,15H,4-8H2,1-3H3/t11-,15+/m1/s1. The van der Waals surface area contributed by atoms with Gasteiger partial charge in [0.1, 0.15) is 6.04 Å². The number of hydrogen-bond donors (Lipinski definition) is 0. The van der Waals surface area contributed by atoms with E-state index in [9.17, 15) is 4.79 Å². The highest BCUT2D eigenvalue weighted by Crippen LogP contribution is 2.39. The molecule has 0 radical (unpaired) electrons. The number of aryl methyl sites for hydroxylation is 2. The van der Waals surface area contributed by atoms with Crippen LogP contribution in [0.15, 0.2) is 10.6 Å². The third-order valence-corrected chi connectivity index (χ3v) is 4.97. The Bertz CT molecular complexity index is 817. The number of nitrogens with zero attached hydrogens (tertiary/aromatic N) is 5. The SMILES string of the molecule is CCc1nnc(C)cc1C(=O)N1CCO[C@H](C)[C@H]1c1nc(C2CC2)no1. The van der Waals surface area contributed by atoms with Gasteiger partial charge in [-0.15, -0.1) is 0 Å². The van der Waals surface area contributed by atoms with Crippen molar-refractivity contribution < 1.29 is 14.1 Å². The average Bonchev–Trinajstić information content (AvgIpc) is 3.38. The number of amides is 1. The second-order valence-electron chi connectivity index (χ2n) is 6.98. The van der Waals surface area contributed by atoms with Crippen molar-refractivity contribution >= 4 is 5.91 Å². The Morgan fingerprint density at radius 3 is 2.88 bits per heavy atom. The fourth-order valence-electron chi connectivity index (χ4n) is 3.37. The predicted molar refractivity (Wildman–Crippen MR) is 91.6 cm³/mol. The quantitative estimate of drug-likeness (QED) is 0.828. The summed E-state index contributed by atoms with van der Waals surface area (Å²) >= 11 is 0. The maximum absolute atomic E-state index is 13.3. The number of rotatable bonds is 4. The van der Waals surface area contributed by atoms with Crippen LogP contribution in [0.2, 0.25) is 0 Å². The van der Waals surface area contributed by atoms with Crippen molar-refractivity contribution in [3.05, 3.63) is 34.7 Å². The molecule has 0 spiro atoms. The fraction of sp³-hybridized carbons (Fsp3) is 0.611. The Labute approximate surface area is 151 Å². The van der Waals surface area contributed by atoms with Crippen LogP contribution in [0.5, 0.6) is 0 Å². The van der Waals surface area contributed by atoms with Crippen molar-refractivity contribution in [1.29, 1.82) is 0 Å². The number of carbonyl (C=O) groups is 1. The smallest absolute Gasteiger partial charge is 0.256 e. The van der Waals surface area contributed by atoms with Gasteiger partial charge in [-0.1, -0.05) is 12.1 Å². The van der Waals surface area contributed by atoms with Crippen LogP contribution in [-0.2, 0) is 11.2 Å². The van der Waals surface area contributed by atoms with Gasteiger partial charge < -0.3 is 14.2 Å². The van der Waals surface area contributed by atoms with E-state index >= 15 is 0 Å². The van der Waals surface area contributed by atoms with E-state index in [1.165, 1.54) is 0 Å². The highest BCUT2D eigenvalue weighted by Gasteiger charge is 2.40. The van der Waals surface area contributed by atoms with Gasteiger partial charge in [0.15, 0.2) is 5.82 Å². The van der Waals surface area contributed by atoms with Gasteiger partial charge in [0.05, 0.1) is 29.7 Å². The molecule has 138 valence electrons. The first-order valence-corrected chi connectivity index (χ1v) is 9.17. The van der Waals surface area contributed by atoms with Gasteiger partial charge in [-0.25, -0.2) is 0 Å². The molecule has 2 aromatic heterocycles. The van der Waals surface area contributed by atoms with E-state index in [1.54, 1.807) is 11.0 Å². The second kappa shape index (κ2) is 6.75. The molecule has 1 amide bonds. The van der Waals surface area contributed by atoms with Gasteiger partial charge in [-0.2, -0.15) is 15.2 Å². The van der Waals surface area contributed by atoms with E-state index in [2.05, 4.69) is 20.3 Å². The first-order valence-electron chi connectivity index (χ1n) is 9.17. The normalized spacial score (nSPS) is 23.3. The average molecular weight is 357 g/mol. The molecule has 1 saturated heterocycles. The third kappa shape index (κ3) is 3.09. The Kier molecular flexibility index (Phi) is 4.44. The zero-order valence-corrected chi connectivity index (χ0v) is 15.3. The summed E-state index contributed by atoms with van der Waals surface area (Å²) in [5.41, 5.74) is 2.00. The van der Waals surface area contributed by atoms with E-state index in [4.69, 9.17) is 9.26 Å². The van der Waals surface area contributed by atoms with Gasteiger partial charge in [0.2, 0.25) is 0 Å². The molecule has 1 aliphatic heterocycles. The van der Waals surface area contributed by atoms with Crippen molar-refractivity contribution in [1.82, 2.24) is 25.2 Å². The maximum atomic E-state index is 13.3. The fourth-order valence-corrected chi connectivity index (χ4v) is 3.37. The summed E-state index contributed by atoms with van der Waals surface area (Å²) in [4.78, 5) is 19.7. The molecule has 0 unspecified atom stereocenters.